The third-order valence-corrected chi connectivity index (χ3v) is 5.48. The molecule has 0 aromatic carbocycles. The molecule has 1 N–H and O–H groups in total. The van der Waals surface area contributed by atoms with Gasteiger partial charge in [-0.25, -0.2) is 0 Å². The Bertz CT molecular complexity index is 409. The summed E-state index contributed by atoms with van der Waals surface area (Å²) in [7, 11) is 2.01. The average molecular weight is 267 g/mol. The molecule has 0 bridgehead atoms. The van der Waals surface area contributed by atoms with Crippen LogP contribution in [0.4, 0.5) is 0 Å². The minimum Gasteiger partial charge on any atom is -0.339 e. The number of thioether (sulfide) groups is 1. The van der Waals surface area contributed by atoms with Crippen LogP contribution in [0.15, 0.2) is 4.52 Å². The molecule has 1 aliphatic heterocycles. The topological polar surface area (TPSA) is 51.0 Å². The van der Waals surface area contributed by atoms with Crippen LogP contribution in [0.2, 0.25) is 0 Å². The summed E-state index contributed by atoms with van der Waals surface area (Å²) in [4.78, 5) is 4.68. The van der Waals surface area contributed by atoms with Crippen molar-refractivity contribution < 1.29 is 4.52 Å². The standard InChI is InChI=1S/C13H21N3OS/c1-8-3-4-9(5-8)12-15-13(17-16-12)10-6-18-7-11(10)14-2/h8-11,14H,3-7H2,1-2H3. The van der Waals surface area contributed by atoms with Crippen LogP contribution in [0.1, 0.15) is 49.7 Å². The monoisotopic (exact) mass is 267 g/mol. The Balaban J connectivity index is 1.73. The largest absolute Gasteiger partial charge is 0.339 e. The SMILES string of the molecule is CNC1CSCC1c1nc(C2CCC(C)C2)no1. The highest BCUT2D eigenvalue weighted by atomic mass is 32.2. The number of nitrogens with zero attached hydrogens (tertiary/aromatic N) is 2. The summed E-state index contributed by atoms with van der Waals surface area (Å²) in [6.45, 7) is 2.31. The molecule has 0 spiro atoms. The number of nitrogens with one attached hydrogen (secondary N) is 1. The van der Waals surface area contributed by atoms with Crippen molar-refractivity contribution in [2.75, 3.05) is 18.6 Å². The van der Waals surface area contributed by atoms with Crippen molar-refractivity contribution >= 4 is 11.8 Å². The fourth-order valence-electron chi connectivity index (χ4n) is 3.09. The highest BCUT2D eigenvalue weighted by molar-refractivity contribution is 7.99. The Morgan fingerprint density at radius 1 is 1.33 bits per heavy atom. The van der Waals surface area contributed by atoms with E-state index in [1.807, 2.05) is 18.8 Å². The van der Waals surface area contributed by atoms with Gasteiger partial charge in [0.2, 0.25) is 5.89 Å². The van der Waals surface area contributed by atoms with Crippen molar-refractivity contribution in [3.63, 3.8) is 0 Å². The third-order valence-electron chi connectivity index (χ3n) is 4.29. The first-order valence-corrected chi connectivity index (χ1v) is 8.02. The van der Waals surface area contributed by atoms with E-state index in [1.165, 1.54) is 19.3 Å². The van der Waals surface area contributed by atoms with Gasteiger partial charge in [-0.3, -0.25) is 0 Å². The van der Waals surface area contributed by atoms with Crippen LogP contribution < -0.4 is 5.32 Å². The molecule has 1 saturated heterocycles. The number of rotatable bonds is 3. The number of hydrogen-bond acceptors (Lipinski definition) is 5. The second-order valence-corrected chi connectivity index (χ2v) is 6.72. The van der Waals surface area contributed by atoms with Gasteiger partial charge in [0.1, 0.15) is 0 Å². The quantitative estimate of drug-likeness (QED) is 0.911. The molecule has 0 radical (unpaired) electrons. The zero-order valence-electron chi connectivity index (χ0n) is 11.1. The second kappa shape index (κ2) is 5.21. The number of aromatic nitrogens is 2. The molecule has 2 fully saturated rings. The van der Waals surface area contributed by atoms with E-state index in [1.54, 1.807) is 0 Å². The summed E-state index contributed by atoms with van der Waals surface area (Å²) in [5, 5.41) is 7.57. The Kier molecular flexibility index (Phi) is 3.61. The van der Waals surface area contributed by atoms with Crippen LogP contribution in [-0.2, 0) is 0 Å². The van der Waals surface area contributed by atoms with Gasteiger partial charge in [0.15, 0.2) is 5.82 Å². The van der Waals surface area contributed by atoms with Crippen LogP contribution in [0.3, 0.4) is 0 Å². The Hall–Kier alpha value is -0.550. The second-order valence-electron chi connectivity index (χ2n) is 5.65. The molecule has 5 heteroatoms. The molecule has 2 heterocycles. The summed E-state index contributed by atoms with van der Waals surface area (Å²) in [6, 6.07) is 0.478. The van der Waals surface area contributed by atoms with Crippen molar-refractivity contribution in [3.8, 4) is 0 Å². The van der Waals surface area contributed by atoms with Gasteiger partial charge in [0, 0.05) is 23.5 Å². The molecule has 1 saturated carbocycles. The molecule has 1 aromatic rings. The van der Waals surface area contributed by atoms with Crippen molar-refractivity contribution in [2.45, 2.75) is 44.1 Å². The van der Waals surface area contributed by atoms with E-state index < -0.39 is 0 Å². The normalized spacial score (nSPS) is 36.3. The maximum atomic E-state index is 5.51. The lowest BCUT2D eigenvalue weighted by atomic mass is 10.0. The van der Waals surface area contributed by atoms with E-state index in [-0.39, 0.29) is 0 Å². The maximum absolute atomic E-state index is 5.51. The number of hydrogen-bond donors (Lipinski definition) is 1. The molecule has 18 heavy (non-hydrogen) atoms. The van der Waals surface area contributed by atoms with Gasteiger partial charge in [-0.05, 0) is 32.2 Å². The maximum Gasteiger partial charge on any atom is 0.232 e. The summed E-state index contributed by atoms with van der Waals surface area (Å²) in [5.74, 6) is 5.74. The predicted octanol–water partition coefficient (Wildman–Crippen LogP) is 2.39. The van der Waals surface area contributed by atoms with E-state index in [4.69, 9.17) is 4.52 Å². The Labute approximate surface area is 112 Å². The van der Waals surface area contributed by atoms with Crippen LogP contribution >= 0.6 is 11.8 Å². The van der Waals surface area contributed by atoms with Crippen molar-refractivity contribution in [2.24, 2.45) is 5.92 Å². The molecule has 0 amide bonds. The summed E-state index contributed by atoms with van der Waals surface area (Å²) < 4.78 is 5.51. The fraction of sp³-hybridized carbons (Fsp3) is 0.846. The Morgan fingerprint density at radius 3 is 2.94 bits per heavy atom. The van der Waals surface area contributed by atoms with Gasteiger partial charge in [-0.15, -0.1) is 0 Å². The van der Waals surface area contributed by atoms with Crippen LogP contribution in [0.25, 0.3) is 0 Å². The lowest BCUT2D eigenvalue weighted by molar-refractivity contribution is 0.338. The van der Waals surface area contributed by atoms with Gasteiger partial charge < -0.3 is 9.84 Å². The fourth-order valence-corrected chi connectivity index (χ4v) is 4.51. The molecular formula is C13H21N3OS. The first-order chi connectivity index (χ1) is 8.78. The smallest absolute Gasteiger partial charge is 0.232 e. The summed E-state index contributed by atoms with van der Waals surface area (Å²) in [6.07, 6.45) is 3.73. The highest BCUT2D eigenvalue weighted by Crippen LogP contribution is 2.38. The lowest BCUT2D eigenvalue weighted by Gasteiger charge is -2.13. The van der Waals surface area contributed by atoms with Crippen LogP contribution in [-0.4, -0.2) is 34.7 Å². The van der Waals surface area contributed by atoms with E-state index in [9.17, 15) is 0 Å². The van der Waals surface area contributed by atoms with Crippen molar-refractivity contribution in [3.05, 3.63) is 11.7 Å². The molecule has 2 aliphatic rings. The molecule has 4 unspecified atom stereocenters. The van der Waals surface area contributed by atoms with Gasteiger partial charge in [0.25, 0.3) is 0 Å². The minimum absolute atomic E-state index is 0.389. The zero-order chi connectivity index (χ0) is 12.5. The molecule has 3 rings (SSSR count). The van der Waals surface area contributed by atoms with Gasteiger partial charge in [0.05, 0.1) is 5.92 Å². The van der Waals surface area contributed by atoms with Crippen molar-refractivity contribution in [1.82, 2.24) is 15.5 Å². The van der Waals surface area contributed by atoms with E-state index in [2.05, 4.69) is 22.4 Å². The third kappa shape index (κ3) is 2.30. The molecular weight excluding hydrogens is 246 g/mol. The summed E-state index contributed by atoms with van der Waals surface area (Å²) in [5.41, 5.74) is 0. The minimum atomic E-state index is 0.389. The van der Waals surface area contributed by atoms with Crippen LogP contribution in [0.5, 0.6) is 0 Å². The highest BCUT2D eigenvalue weighted by Gasteiger charge is 2.34. The first-order valence-electron chi connectivity index (χ1n) is 6.86. The molecule has 1 aliphatic carbocycles. The van der Waals surface area contributed by atoms with Crippen LogP contribution in [0, 0.1) is 5.92 Å². The molecule has 100 valence electrons. The summed E-state index contributed by atoms with van der Waals surface area (Å²) >= 11 is 1.96. The molecule has 4 nitrogen and oxygen atoms in total. The van der Waals surface area contributed by atoms with E-state index in [0.717, 1.165) is 29.1 Å². The van der Waals surface area contributed by atoms with Crippen molar-refractivity contribution in [1.29, 1.82) is 0 Å². The first kappa shape index (κ1) is 12.5. The Morgan fingerprint density at radius 2 is 2.22 bits per heavy atom. The molecule has 4 atom stereocenters. The predicted molar refractivity (Wildman–Crippen MR) is 73.0 cm³/mol. The average Bonchev–Trinajstić information content (AvgIpc) is 3.07. The van der Waals surface area contributed by atoms with E-state index in [0.29, 0.717) is 17.9 Å². The van der Waals surface area contributed by atoms with Gasteiger partial charge in [-0.1, -0.05) is 12.1 Å². The number of likely N-dealkylation sites (N-methyl/N-ethyl adjacent to an activating group) is 1. The van der Waals surface area contributed by atoms with Gasteiger partial charge in [-0.2, -0.15) is 16.7 Å². The zero-order valence-corrected chi connectivity index (χ0v) is 11.9. The lowest BCUT2D eigenvalue weighted by Crippen LogP contribution is -2.31. The molecule has 1 aromatic heterocycles. The van der Waals surface area contributed by atoms with Gasteiger partial charge >= 0.3 is 0 Å². The van der Waals surface area contributed by atoms with E-state index >= 15 is 0 Å².